The van der Waals surface area contributed by atoms with E-state index in [1.807, 2.05) is 37.3 Å². The summed E-state index contributed by atoms with van der Waals surface area (Å²) >= 11 is 0. The van der Waals surface area contributed by atoms with E-state index >= 15 is 0 Å². The van der Waals surface area contributed by atoms with Gasteiger partial charge in [0.25, 0.3) is 5.91 Å². The van der Waals surface area contributed by atoms with Gasteiger partial charge >= 0.3 is 0 Å². The lowest BCUT2D eigenvalue weighted by molar-refractivity contribution is 0.0944. The molecular formula is C21H23N5O3. The summed E-state index contributed by atoms with van der Waals surface area (Å²) in [5, 5.41) is 13.3. The second-order valence-electron chi connectivity index (χ2n) is 6.63. The number of nitrogens with zero attached hydrogens (tertiary/aromatic N) is 2. The van der Waals surface area contributed by atoms with E-state index in [9.17, 15) is 4.79 Å². The number of hydrogen-bond acceptors (Lipinski definition) is 6. The van der Waals surface area contributed by atoms with Crippen LogP contribution in [0.5, 0.6) is 17.4 Å². The Bertz CT molecular complexity index is 984. The Kier molecular flexibility index (Phi) is 5.71. The smallest absolute Gasteiger partial charge is 0.272 e. The molecule has 1 aromatic carbocycles. The minimum absolute atomic E-state index is 0.197. The monoisotopic (exact) mass is 393 g/mol. The van der Waals surface area contributed by atoms with Crippen molar-refractivity contribution >= 4 is 5.91 Å². The fourth-order valence-electron chi connectivity index (χ4n) is 3.18. The van der Waals surface area contributed by atoms with E-state index in [0.29, 0.717) is 42.8 Å². The first-order chi connectivity index (χ1) is 14.2. The zero-order valence-electron chi connectivity index (χ0n) is 16.2. The van der Waals surface area contributed by atoms with Crippen molar-refractivity contribution in [1.29, 1.82) is 0 Å². The summed E-state index contributed by atoms with van der Waals surface area (Å²) in [6.07, 6.45) is 2.54. The number of carbonyl (C=O) groups excluding carboxylic acids is 1. The molecule has 1 amide bonds. The normalized spacial score (nSPS) is 12.9. The molecule has 0 unspecified atom stereocenters. The third-order valence-electron chi connectivity index (χ3n) is 4.64. The highest BCUT2D eigenvalue weighted by Crippen LogP contribution is 2.30. The average Bonchev–Trinajstić information content (AvgIpc) is 3.19. The Morgan fingerprint density at radius 2 is 2.07 bits per heavy atom. The van der Waals surface area contributed by atoms with Gasteiger partial charge in [0, 0.05) is 49.6 Å². The van der Waals surface area contributed by atoms with Crippen LogP contribution in [0.15, 0.2) is 42.6 Å². The van der Waals surface area contributed by atoms with Crippen LogP contribution in [-0.2, 0) is 19.5 Å². The molecule has 0 bridgehead atoms. The van der Waals surface area contributed by atoms with Gasteiger partial charge in [-0.2, -0.15) is 5.10 Å². The van der Waals surface area contributed by atoms with E-state index in [-0.39, 0.29) is 5.91 Å². The van der Waals surface area contributed by atoms with Gasteiger partial charge in [-0.1, -0.05) is 18.2 Å². The number of hydrogen-bond donors (Lipinski definition) is 3. The molecule has 0 radical (unpaired) electrons. The molecule has 1 aliphatic rings. The topological polar surface area (TPSA) is 101 Å². The minimum atomic E-state index is -0.197. The molecule has 0 saturated carbocycles. The lowest BCUT2D eigenvalue weighted by atomic mass is 10.1. The lowest BCUT2D eigenvalue weighted by Crippen LogP contribution is -2.28. The van der Waals surface area contributed by atoms with E-state index in [1.54, 1.807) is 12.3 Å². The van der Waals surface area contributed by atoms with Crippen molar-refractivity contribution in [1.82, 2.24) is 25.8 Å². The number of H-pyrrole nitrogens is 1. The predicted octanol–water partition coefficient (Wildman–Crippen LogP) is 2.57. The molecule has 8 heteroatoms. The molecular weight excluding hydrogens is 370 g/mol. The van der Waals surface area contributed by atoms with Crippen LogP contribution in [0.25, 0.3) is 0 Å². The Morgan fingerprint density at radius 3 is 2.86 bits per heavy atom. The number of benzene rings is 1. The van der Waals surface area contributed by atoms with Crippen LogP contribution in [0, 0.1) is 0 Å². The summed E-state index contributed by atoms with van der Waals surface area (Å²) in [5.74, 6) is 1.54. The molecule has 8 nitrogen and oxygen atoms in total. The number of rotatable bonds is 7. The quantitative estimate of drug-likeness (QED) is 0.570. The van der Waals surface area contributed by atoms with Crippen LogP contribution < -0.4 is 20.1 Å². The summed E-state index contributed by atoms with van der Waals surface area (Å²) in [6.45, 7) is 4.39. The van der Waals surface area contributed by atoms with Gasteiger partial charge in [0.05, 0.1) is 6.61 Å². The van der Waals surface area contributed by atoms with Gasteiger partial charge in [0.2, 0.25) is 5.88 Å². The molecule has 3 N–H and O–H groups in total. The SMILES string of the molecule is CCOc1ccccc1Oc1ccc(CNC(=O)c2n[nH]c3c2CNCC3)cn1. The molecule has 29 heavy (non-hydrogen) atoms. The summed E-state index contributed by atoms with van der Waals surface area (Å²) in [5.41, 5.74) is 3.30. The maximum absolute atomic E-state index is 12.5. The highest BCUT2D eigenvalue weighted by molar-refractivity contribution is 5.94. The summed E-state index contributed by atoms with van der Waals surface area (Å²) < 4.78 is 11.4. The summed E-state index contributed by atoms with van der Waals surface area (Å²) in [7, 11) is 0. The molecule has 4 rings (SSSR count). The van der Waals surface area contributed by atoms with Crippen LogP contribution in [0.4, 0.5) is 0 Å². The van der Waals surface area contributed by atoms with Crippen LogP contribution in [0.1, 0.15) is 34.2 Å². The maximum Gasteiger partial charge on any atom is 0.272 e. The Balaban J connectivity index is 1.36. The van der Waals surface area contributed by atoms with Gasteiger partial charge in [-0.25, -0.2) is 4.98 Å². The maximum atomic E-state index is 12.5. The van der Waals surface area contributed by atoms with Gasteiger partial charge in [-0.05, 0) is 24.6 Å². The summed E-state index contributed by atoms with van der Waals surface area (Å²) in [4.78, 5) is 16.8. The molecule has 1 aliphatic heterocycles. The Hall–Kier alpha value is -3.39. The van der Waals surface area contributed by atoms with E-state index in [4.69, 9.17) is 9.47 Å². The number of aromatic amines is 1. The molecule has 0 atom stereocenters. The number of carbonyl (C=O) groups is 1. The van der Waals surface area contributed by atoms with Crippen molar-refractivity contribution in [2.24, 2.45) is 0 Å². The minimum Gasteiger partial charge on any atom is -0.490 e. The molecule has 3 aromatic rings. The van der Waals surface area contributed by atoms with E-state index in [2.05, 4.69) is 25.8 Å². The Labute approximate surface area is 168 Å². The van der Waals surface area contributed by atoms with Gasteiger partial charge in [0.15, 0.2) is 17.2 Å². The van der Waals surface area contributed by atoms with E-state index < -0.39 is 0 Å². The average molecular weight is 393 g/mol. The number of pyridine rings is 1. The zero-order chi connectivity index (χ0) is 20.1. The number of para-hydroxylation sites is 2. The van der Waals surface area contributed by atoms with Gasteiger partial charge < -0.3 is 20.1 Å². The second-order valence-corrected chi connectivity index (χ2v) is 6.63. The highest BCUT2D eigenvalue weighted by Gasteiger charge is 2.21. The zero-order valence-corrected chi connectivity index (χ0v) is 16.2. The van der Waals surface area contributed by atoms with Gasteiger partial charge in [-0.15, -0.1) is 0 Å². The fraction of sp³-hybridized carbons (Fsp3) is 0.286. The molecule has 0 aliphatic carbocycles. The van der Waals surface area contributed by atoms with Gasteiger partial charge in [0.1, 0.15) is 0 Å². The molecule has 150 valence electrons. The Morgan fingerprint density at radius 1 is 1.21 bits per heavy atom. The van der Waals surface area contributed by atoms with Crippen LogP contribution in [0.3, 0.4) is 0 Å². The van der Waals surface area contributed by atoms with Crippen molar-refractivity contribution in [3.8, 4) is 17.4 Å². The van der Waals surface area contributed by atoms with Crippen molar-refractivity contribution < 1.29 is 14.3 Å². The van der Waals surface area contributed by atoms with Crippen LogP contribution in [0.2, 0.25) is 0 Å². The molecule has 2 aromatic heterocycles. The van der Waals surface area contributed by atoms with Crippen molar-refractivity contribution in [2.45, 2.75) is 26.4 Å². The van der Waals surface area contributed by atoms with Gasteiger partial charge in [-0.3, -0.25) is 9.89 Å². The largest absolute Gasteiger partial charge is 0.490 e. The molecule has 0 spiro atoms. The summed E-state index contributed by atoms with van der Waals surface area (Å²) in [6, 6.07) is 11.1. The second kappa shape index (κ2) is 8.74. The van der Waals surface area contributed by atoms with Crippen molar-refractivity contribution in [3.05, 3.63) is 65.1 Å². The van der Waals surface area contributed by atoms with Crippen molar-refractivity contribution in [3.63, 3.8) is 0 Å². The van der Waals surface area contributed by atoms with Crippen molar-refractivity contribution in [2.75, 3.05) is 13.2 Å². The number of aromatic nitrogens is 3. The highest BCUT2D eigenvalue weighted by atomic mass is 16.5. The number of fused-ring (bicyclic) bond motifs is 1. The number of ether oxygens (including phenoxy) is 2. The molecule has 3 heterocycles. The molecule has 0 saturated heterocycles. The molecule has 0 fully saturated rings. The third-order valence-corrected chi connectivity index (χ3v) is 4.64. The van der Waals surface area contributed by atoms with E-state index in [1.165, 1.54) is 0 Å². The third kappa shape index (κ3) is 4.38. The van der Waals surface area contributed by atoms with Crippen LogP contribution >= 0.6 is 0 Å². The van der Waals surface area contributed by atoms with Crippen LogP contribution in [-0.4, -0.2) is 34.2 Å². The first kappa shape index (κ1) is 18.9. The predicted molar refractivity (Wildman–Crippen MR) is 107 cm³/mol. The fourth-order valence-corrected chi connectivity index (χ4v) is 3.18. The standard InChI is InChI=1S/C21H23N5O3/c1-2-28-17-5-3-4-6-18(17)29-19-8-7-14(11-23-19)12-24-21(27)20-15-13-22-10-9-16(15)25-26-20/h3-8,11,22H,2,9-10,12-13H2,1H3,(H,24,27)(H,25,26). The number of nitrogens with one attached hydrogen (secondary N) is 3. The first-order valence-corrected chi connectivity index (χ1v) is 9.64. The van der Waals surface area contributed by atoms with E-state index in [0.717, 1.165) is 29.8 Å². The lowest BCUT2D eigenvalue weighted by Gasteiger charge is -2.13. The first-order valence-electron chi connectivity index (χ1n) is 9.64. The number of amides is 1.